The lowest BCUT2D eigenvalue weighted by atomic mass is 9.95. The fourth-order valence-electron chi connectivity index (χ4n) is 1.76. The van der Waals surface area contributed by atoms with Crippen LogP contribution in [-0.4, -0.2) is 72.9 Å². The first-order chi connectivity index (χ1) is 9.36. The topological polar surface area (TPSA) is 142 Å². The molecule has 1 rings (SSSR count). The van der Waals surface area contributed by atoms with E-state index in [0.29, 0.717) is 5.56 Å². The van der Waals surface area contributed by atoms with Crippen LogP contribution in [0.2, 0.25) is 0 Å². The highest BCUT2D eigenvalue weighted by Gasteiger charge is 2.33. The second-order valence-electron chi connectivity index (χ2n) is 4.66. The van der Waals surface area contributed by atoms with E-state index in [-0.39, 0.29) is 12.2 Å². The summed E-state index contributed by atoms with van der Waals surface area (Å²) in [5.41, 5.74) is 0.610. The third-order valence-electron chi connectivity index (χ3n) is 3.06. The van der Waals surface area contributed by atoms with Crippen molar-refractivity contribution >= 4 is 0 Å². The third kappa shape index (κ3) is 4.41. The third-order valence-corrected chi connectivity index (χ3v) is 3.06. The molecule has 5 atom stereocenters. The summed E-state index contributed by atoms with van der Waals surface area (Å²) in [5.74, 6) is 0.0605. The minimum atomic E-state index is -1.80. The minimum Gasteiger partial charge on any atom is -0.508 e. The first kappa shape index (κ1) is 16.8. The van der Waals surface area contributed by atoms with E-state index in [2.05, 4.69) is 0 Å². The summed E-state index contributed by atoms with van der Waals surface area (Å²) in [6, 6.07) is 5.90. The van der Waals surface area contributed by atoms with Gasteiger partial charge < -0.3 is 35.7 Å². The molecule has 0 aliphatic carbocycles. The Morgan fingerprint density at radius 1 is 0.750 bits per heavy atom. The Labute approximate surface area is 116 Å². The van der Waals surface area contributed by atoms with Gasteiger partial charge in [-0.3, -0.25) is 0 Å². The zero-order valence-electron chi connectivity index (χ0n) is 10.7. The lowest BCUT2D eigenvalue weighted by molar-refractivity contribution is -0.139. The van der Waals surface area contributed by atoms with Gasteiger partial charge in [-0.05, 0) is 17.7 Å². The van der Waals surface area contributed by atoms with Crippen LogP contribution < -0.4 is 0 Å². The molecule has 0 amide bonds. The van der Waals surface area contributed by atoms with E-state index in [1.807, 2.05) is 0 Å². The normalized spacial score (nSPS) is 19.1. The van der Waals surface area contributed by atoms with Gasteiger partial charge in [0.25, 0.3) is 0 Å². The highest BCUT2D eigenvalue weighted by atomic mass is 16.4. The van der Waals surface area contributed by atoms with E-state index in [1.165, 1.54) is 24.3 Å². The number of phenols is 1. The largest absolute Gasteiger partial charge is 0.508 e. The van der Waals surface area contributed by atoms with Crippen molar-refractivity contribution in [2.45, 2.75) is 36.9 Å². The Balaban J connectivity index is 2.61. The van der Waals surface area contributed by atoms with Gasteiger partial charge in [-0.15, -0.1) is 0 Å². The first-order valence-corrected chi connectivity index (χ1v) is 6.16. The molecule has 0 aliphatic rings. The van der Waals surface area contributed by atoms with Gasteiger partial charge >= 0.3 is 0 Å². The van der Waals surface area contributed by atoms with Crippen molar-refractivity contribution in [1.29, 1.82) is 0 Å². The van der Waals surface area contributed by atoms with Crippen molar-refractivity contribution in [2.75, 3.05) is 6.61 Å². The number of rotatable bonds is 7. The van der Waals surface area contributed by atoms with Crippen molar-refractivity contribution in [3.8, 4) is 5.75 Å². The highest BCUT2D eigenvalue weighted by molar-refractivity contribution is 5.26. The molecule has 114 valence electrons. The van der Waals surface area contributed by atoms with Gasteiger partial charge in [0.1, 0.15) is 30.2 Å². The lowest BCUT2D eigenvalue weighted by Crippen LogP contribution is -2.50. The second kappa shape index (κ2) is 7.53. The summed E-state index contributed by atoms with van der Waals surface area (Å²) >= 11 is 0. The summed E-state index contributed by atoms with van der Waals surface area (Å²) in [6.07, 6.45) is -8.27. The molecule has 1 aromatic carbocycles. The zero-order chi connectivity index (χ0) is 15.3. The maximum absolute atomic E-state index is 9.79. The van der Waals surface area contributed by atoms with E-state index >= 15 is 0 Å². The fraction of sp³-hybridized carbons (Fsp3) is 0.538. The Kier molecular flexibility index (Phi) is 6.34. The molecule has 0 heterocycles. The van der Waals surface area contributed by atoms with E-state index in [9.17, 15) is 20.4 Å². The van der Waals surface area contributed by atoms with Gasteiger partial charge in [0.2, 0.25) is 0 Å². The Morgan fingerprint density at radius 2 is 1.25 bits per heavy atom. The van der Waals surface area contributed by atoms with Crippen molar-refractivity contribution in [3.63, 3.8) is 0 Å². The van der Waals surface area contributed by atoms with Crippen LogP contribution in [0.4, 0.5) is 0 Å². The zero-order valence-corrected chi connectivity index (χ0v) is 10.7. The molecule has 7 heteroatoms. The standard InChI is InChI=1S/C13H20O7/c14-6-10(17)12(19)13(20)11(18)9(16)5-7-1-3-8(15)4-2-7/h1-4,9-20H,5-6H2/t9?,10-,11-,12-,13-/m1/s1. The predicted octanol–water partition coefficient (Wildman–Crippen LogP) is -2.27. The summed E-state index contributed by atoms with van der Waals surface area (Å²) in [5, 5.41) is 65.5. The van der Waals surface area contributed by atoms with Gasteiger partial charge in [-0.25, -0.2) is 0 Å². The second-order valence-corrected chi connectivity index (χ2v) is 4.66. The van der Waals surface area contributed by atoms with Crippen molar-refractivity contribution in [2.24, 2.45) is 0 Å². The van der Waals surface area contributed by atoms with Gasteiger partial charge in [-0.1, -0.05) is 12.1 Å². The maximum Gasteiger partial charge on any atom is 0.115 e. The fourth-order valence-corrected chi connectivity index (χ4v) is 1.76. The summed E-state index contributed by atoms with van der Waals surface area (Å²) in [4.78, 5) is 0. The molecule has 0 spiro atoms. The number of benzene rings is 1. The molecular weight excluding hydrogens is 268 g/mol. The molecular formula is C13H20O7. The van der Waals surface area contributed by atoms with Crippen LogP contribution >= 0.6 is 0 Å². The van der Waals surface area contributed by atoms with Crippen molar-refractivity contribution in [3.05, 3.63) is 29.8 Å². The summed E-state index contributed by atoms with van der Waals surface area (Å²) in [6.45, 7) is -0.779. The van der Waals surface area contributed by atoms with Crippen LogP contribution in [0.3, 0.4) is 0 Å². The maximum atomic E-state index is 9.79. The minimum absolute atomic E-state index is 0.0134. The highest BCUT2D eigenvalue weighted by Crippen LogP contribution is 2.15. The predicted molar refractivity (Wildman–Crippen MR) is 68.9 cm³/mol. The molecule has 7 nitrogen and oxygen atoms in total. The Bertz CT molecular complexity index is 394. The van der Waals surface area contributed by atoms with Gasteiger partial charge in [0, 0.05) is 6.42 Å². The van der Waals surface area contributed by atoms with E-state index in [0.717, 1.165) is 0 Å². The van der Waals surface area contributed by atoms with E-state index < -0.39 is 37.1 Å². The number of aromatic hydroxyl groups is 1. The molecule has 0 saturated heterocycles. The molecule has 1 aromatic rings. The number of hydrogen-bond donors (Lipinski definition) is 7. The van der Waals surface area contributed by atoms with Gasteiger partial charge in [0.15, 0.2) is 0 Å². The van der Waals surface area contributed by atoms with Crippen LogP contribution in [0.1, 0.15) is 5.56 Å². The Hall–Kier alpha value is -1.22. The molecule has 0 aromatic heterocycles. The average Bonchev–Trinajstić information content (AvgIpc) is 2.46. The number of aliphatic hydroxyl groups excluding tert-OH is 6. The molecule has 7 N–H and O–H groups in total. The van der Waals surface area contributed by atoms with Crippen LogP contribution in [-0.2, 0) is 6.42 Å². The van der Waals surface area contributed by atoms with Gasteiger partial charge in [0.05, 0.1) is 12.7 Å². The molecule has 0 bridgehead atoms. The molecule has 0 fully saturated rings. The van der Waals surface area contributed by atoms with E-state index in [1.54, 1.807) is 0 Å². The molecule has 0 saturated carbocycles. The molecule has 0 radical (unpaired) electrons. The first-order valence-electron chi connectivity index (χ1n) is 6.16. The molecule has 0 aliphatic heterocycles. The number of phenolic OH excluding ortho intramolecular Hbond substituents is 1. The van der Waals surface area contributed by atoms with Crippen molar-refractivity contribution in [1.82, 2.24) is 0 Å². The molecule has 1 unspecified atom stereocenters. The monoisotopic (exact) mass is 288 g/mol. The van der Waals surface area contributed by atoms with Gasteiger partial charge in [-0.2, -0.15) is 0 Å². The number of aliphatic hydroxyl groups is 6. The average molecular weight is 288 g/mol. The van der Waals surface area contributed by atoms with Crippen LogP contribution in [0.15, 0.2) is 24.3 Å². The van der Waals surface area contributed by atoms with Crippen LogP contribution in [0, 0.1) is 0 Å². The quantitative estimate of drug-likeness (QED) is 0.300. The van der Waals surface area contributed by atoms with Crippen LogP contribution in [0.5, 0.6) is 5.75 Å². The summed E-state index contributed by atoms with van der Waals surface area (Å²) < 4.78 is 0. The summed E-state index contributed by atoms with van der Waals surface area (Å²) in [7, 11) is 0. The van der Waals surface area contributed by atoms with Crippen molar-refractivity contribution < 1.29 is 35.7 Å². The smallest absolute Gasteiger partial charge is 0.115 e. The van der Waals surface area contributed by atoms with E-state index in [4.69, 9.17) is 15.3 Å². The lowest BCUT2D eigenvalue weighted by Gasteiger charge is -2.28. The molecule has 20 heavy (non-hydrogen) atoms. The SMILES string of the molecule is OC[C@@H](O)[C@@H](O)[C@H](O)[C@H](O)C(O)Cc1ccc(O)cc1. The number of hydrogen-bond acceptors (Lipinski definition) is 7. The van der Waals surface area contributed by atoms with Crippen LogP contribution in [0.25, 0.3) is 0 Å². The Morgan fingerprint density at radius 3 is 1.75 bits per heavy atom.